The van der Waals surface area contributed by atoms with Gasteiger partial charge in [-0.2, -0.15) is 0 Å². The minimum atomic E-state index is -0.651. The molecule has 16 nitrogen and oxygen atoms in total. The highest BCUT2D eigenvalue weighted by Crippen LogP contribution is 2.40. The molecule has 2 aliphatic heterocycles. The number of carbonyl (C=O) groups excluding carboxylic acids is 4. The van der Waals surface area contributed by atoms with Gasteiger partial charge in [0.15, 0.2) is 23.0 Å². The van der Waals surface area contributed by atoms with Crippen molar-refractivity contribution >= 4 is 23.6 Å². The van der Waals surface area contributed by atoms with Gasteiger partial charge in [-0.1, -0.05) is 36.4 Å². The molecule has 308 valence electrons. The zero-order chi connectivity index (χ0) is 42.5. The molecule has 4 aromatic carbocycles. The average molecular weight is 815 g/mol. The van der Waals surface area contributed by atoms with Gasteiger partial charge in [0.2, 0.25) is 24.6 Å². The van der Waals surface area contributed by atoms with Crippen LogP contribution in [0.15, 0.2) is 94.4 Å². The van der Waals surface area contributed by atoms with Gasteiger partial charge in [0.25, 0.3) is 23.6 Å². The number of imide groups is 2. The maximum absolute atomic E-state index is 13.3. The summed E-state index contributed by atoms with van der Waals surface area (Å²) >= 11 is 0. The number of hydrogen-bond donors (Lipinski definition) is 0. The number of aromatic nitrogens is 4. The van der Waals surface area contributed by atoms with E-state index in [1.807, 2.05) is 39.8 Å². The zero-order valence-corrected chi connectivity index (χ0v) is 33.8. The van der Waals surface area contributed by atoms with Crippen molar-refractivity contribution in [3.8, 4) is 23.0 Å². The maximum atomic E-state index is 13.3. The number of fused-ring (bicyclic) bond motifs is 2. The Bertz CT molecular complexity index is 2360. The molecule has 4 heterocycles. The first-order chi connectivity index (χ1) is 29.1. The van der Waals surface area contributed by atoms with Crippen molar-refractivity contribution in [1.29, 1.82) is 0 Å². The predicted octanol–water partition coefficient (Wildman–Crippen LogP) is 6.73. The van der Waals surface area contributed by atoms with E-state index in [1.165, 1.54) is 22.6 Å². The predicted molar refractivity (Wildman–Crippen MR) is 213 cm³/mol. The molecule has 2 aromatic heterocycles. The summed E-state index contributed by atoms with van der Waals surface area (Å²) in [6.45, 7) is 8.27. The van der Waals surface area contributed by atoms with Gasteiger partial charge in [0.1, 0.15) is 0 Å². The second-order valence-corrected chi connectivity index (χ2v) is 13.7. The summed E-state index contributed by atoms with van der Waals surface area (Å²) in [4.78, 5) is 55.5. The quantitative estimate of drug-likeness (QED) is 0.105. The Morgan fingerprint density at radius 1 is 0.567 bits per heavy atom. The third-order valence-electron chi connectivity index (χ3n) is 10.2. The molecule has 2 unspecified atom stereocenters. The highest BCUT2D eigenvalue weighted by atomic mass is 16.5. The fraction of sp³-hybridized carbons (Fsp3) is 0.273. The summed E-state index contributed by atoms with van der Waals surface area (Å²) < 4.78 is 32.7. The minimum absolute atomic E-state index is 0.183. The van der Waals surface area contributed by atoms with Gasteiger partial charge in [-0.15, -0.1) is 20.4 Å². The fourth-order valence-corrected chi connectivity index (χ4v) is 7.47. The molecule has 0 N–H and O–H groups in total. The largest absolute Gasteiger partial charge is 0.493 e. The molecule has 0 radical (unpaired) electrons. The van der Waals surface area contributed by atoms with E-state index in [0.29, 0.717) is 81.4 Å². The highest BCUT2D eigenvalue weighted by molar-refractivity contribution is 6.23. The fourth-order valence-electron chi connectivity index (χ4n) is 7.47. The second-order valence-electron chi connectivity index (χ2n) is 13.7. The van der Waals surface area contributed by atoms with Crippen LogP contribution in [0.4, 0.5) is 0 Å². The SMILES string of the molecule is CCOc1cc(C(Cc2nnco2)N2C(=O)c3cccc(C)c3C2=O)ccc1OC.CCOc1cc(C(Cc2nnco2)N2C(=O)c3cccc(C)c3C2=O)ccc1OC. The highest BCUT2D eigenvalue weighted by Gasteiger charge is 2.43. The Morgan fingerprint density at radius 3 is 1.32 bits per heavy atom. The van der Waals surface area contributed by atoms with E-state index in [2.05, 4.69) is 20.4 Å². The molecular weight excluding hydrogens is 773 g/mol. The number of hydrogen-bond acceptors (Lipinski definition) is 14. The van der Waals surface area contributed by atoms with E-state index in [0.717, 1.165) is 11.1 Å². The lowest BCUT2D eigenvalue weighted by Crippen LogP contribution is -2.35. The van der Waals surface area contributed by atoms with Crippen molar-refractivity contribution in [3.05, 3.63) is 142 Å². The topological polar surface area (TPSA) is 190 Å². The molecule has 60 heavy (non-hydrogen) atoms. The van der Waals surface area contributed by atoms with Gasteiger partial charge in [-0.05, 0) is 86.3 Å². The number of carbonyl (C=O) groups is 4. The summed E-state index contributed by atoms with van der Waals surface area (Å²) in [6, 6.07) is 19.9. The van der Waals surface area contributed by atoms with E-state index in [1.54, 1.807) is 74.9 Å². The van der Waals surface area contributed by atoms with E-state index in [4.69, 9.17) is 27.8 Å². The molecule has 0 aliphatic carbocycles. The van der Waals surface area contributed by atoms with Crippen LogP contribution in [0.5, 0.6) is 23.0 Å². The first-order valence-electron chi connectivity index (χ1n) is 19.2. The Labute approximate surface area is 345 Å². The van der Waals surface area contributed by atoms with Crippen LogP contribution in [0.3, 0.4) is 0 Å². The number of amides is 4. The van der Waals surface area contributed by atoms with E-state index in [-0.39, 0.29) is 36.5 Å². The van der Waals surface area contributed by atoms with Crippen LogP contribution in [0.25, 0.3) is 0 Å². The molecule has 16 heteroatoms. The van der Waals surface area contributed by atoms with Crippen molar-refractivity contribution in [2.45, 2.75) is 52.6 Å². The summed E-state index contributed by atoms with van der Waals surface area (Å²) in [5, 5.41) is 15.3. The van der Waals surface area contributed by atoms with Crippen molar-refractivity contribution in [1.82, 2.24) is 30.2 Å². The lowest BCUT2D eigenvalue weighted by Gasteiger charge is -2.26. The second kappa shape index (κ2) is 17.6. The molecule has 0 saturated heterocycles. The Balaban J connectivity index is 0.000000181. The molecule has 8 rings (SSSR count). The van der Waals surface area contributed by atoms with Gasteiger partial charge < -0.3 is 27.8 Å². The molecule has 6 aromatic rings. The summed E-state index contributed by atoms with van der Waals surface area (Å²) in [5.74, 6) is 1.45. The molecule has 0 bridgehead atoms. The Hall–Kier alpha value is -7.36. The molecule has 2 atom stereocenters. The van der Waals surface area contributed by atoms with E-state index >= 15 is 0 Å². The van der Waals surface area contributed by atoms with Crippen molar-refractivity contribution in [2.75, 3.05) is 27.4 Å². The number of aryl methyl sites for hydroxylation is 2. The lowest BCUT2D eigenvalue weighted by atomic mass is 10.0. The summed E-state index contributed by atoms with van der Waals surface area (Å²) in [5.41, 5.74) is 4.56. The molecule has 2 aliphatic rings. The number of ether oxygens (including phenoxy) is 4. The number of methoxy groups -OCH3 is 2. The molecule has 0 fully saturated rings. The van der Waals surface area contributed by atoms with Gasteiger partial charge in [0, 0.05) is 0 Å². The van der Waals surface area contributed by atoms with Crippen LogP contribution in [-0.4, -0.2) is 81.3 Å². The third kappa shape index (κ3) is 7.78. The number of nitrogens with zero attached hydrogens (tertiary/aromatic N) is 6. The van der Waals surface area contributed by atoms with Gasteiger partial charge in [0.05, 0.1) is 74.6 Å². The van der Waals surface area contributed by atoms with Crippen LogP contribution in [0.1, 0.15) is 101 Å². The zero-order valence-electron chi connectivity index (χ0n) is 33.8. The lowest BCUT2D eigenvalue weighted by molar-refractivity contribution is 0.0560. The maximum Gasteiger partial charge on any atom is 0.262 e. The average Bonchev–Trinajstić information content (AvgIpc) is 4.06. The molecule has 0 spiro atoms. The van der Waals surface area contributed by atoms with E-state index < -0.39 is 12.1 Å². The van der Waals surface area contributed by atoms with Gasteiger partial charge >= 0.3 is 0 Å². The summed E-state index contributed by atoms with van der Waals surface area (Å²) in [7, 11) is 3.11. The monoisotopic (exact) mass is 814 g/mol. The van der Waals surface area contributed by atoms with Crippen molar-refractivity contribution in [2.24, 2.45) is 0 Å². The van der Waals surface area contributed by atoms with Crippen LogP contribution in [0.2, 0.25) is 0 Å². The standard InChI is InChI=1S/2C22H21N3O5/c2*1-4-29-18-10-14(8-9-17(18)28-3)16(11-19-24-23-12-30-19)25-21(26)15-7-5-6-13(2)20(15)22(25)27/h2*5-10,12,16H,4,11H2,1-3H3. The van der Waals surface area contributed by atoms with Crippen molar-refractivity contribution < 1.29 is 47.0 Å². The van der Waals surface area contributed by atoms with Crippen molar-refractivity contribution in [3.63, 3.8) is 0 Å². The van der Waals surface area contributed by atoms with Crippen LogP contribution in [0, 0.1) is 13.8 Å². The van der Waals surface area contributed by atoms with Gasteiger partial charge in [-0.25, -0.2) is 0 Å². The number of rotatable bonds is 14. The van der Waals surface area contributed by atoms with Crippen LogP contribution in [-0.2, 0) is 12.8 Å². The van der Waals surface area contributed by atoms with Gasteiger partial charge in [-0.3, -0.25) is 29.0 Å². The Kier molecular flexibility index (Phi) is 12.0. The summed E-state index contributed by atoms with van der Waals surface area (Å²) in [6.07, 6.45) is 2.81. The minimum Gasteiger partial charge on any atom is -0.493 e. The molecule has 4 amide bonds. The van der Waals surface area contributed by atoms with Crippen LogP contribution >= 0.6 is 0 Å². The molecule has 0 saturated carbocycles. The first kappa shape index (κ1) is 40.8. The smallest absolute Gasteiger partial charge is 0.262 e. The van der Waals surface area contributed by atoms with Crippen LogP contribution < -0.4 is 18.9 Å². The normalized spacial score (nSPS) is 14.0. The third-order valence-corrected chi connectivity index (χ3v) is 10.2. The van der Waals surface area contributed by atoms with E-state index in [9.17, 15) is 19.2 Å². The number of benzene rings is 4. The Morgan fingerprint density at radius 2 is 0.983 bits per heavy atom. The first-order valence-corrected chi connectivity index (χ1v) is 19.2. The molecular formula is C44H42N6O10.